The van der Waals surface area contributed by atoms with Crippen molar-refractivity contribution in [3.8, 4) is 0 Å². The highest BCUT2D eigenvalue weighted by molar-refractivity contribution is 5.96. The maximum atomic E-state index is 11.6. The Balaban J connectivity index is 1.74. The molecule has 0 aliphatic carbocycles. The summed E-state index contributed by atoms with van der Waals surface area (Å²) in [5, 5.41) is 0. The largest absolute Gasteiger partial charge is 0.389 e. The molecule has 0 unspecified atom stereocenters. The van der Waals surface area contributed by atoms with Crippen LogP contribution in [0.15, 0.2) is 60.7 Å². The van der Waals surface area contributed by atoms with Gasteiger partial charge in [0.05, 0.1) is 5.56 Å². The van der Waals surface area contributed by atoms with Crippen molar-refractivity contribution in [1.82, 2.24) is 0 Å². The molecule has 0 bridgehead atoms. The third-order valence-corrected chi connectivity index (χ3v) is 2.91. The summed E-state index contributed by atoms with van der Waals surface area (Å²) in [6.45, 7) is 0. The summed E-state index contributed by atoms with van der Waals surface area (Å²) in [4.78, 5) is 23.2. The first-order chi connectivity index (χ1) is 9.75. The van der Waals surface area contributed by atoms with Crippen LogP contribution in [0.25, 0.3) is 0 Å². The summed E-state index contributed by atoms with van der Waals surface area (Å²) in [5.74, 6) is -1.06. The number of carbonyl (C=O) groups is 2. The zero-order chi connectivity index (χ0) is 14.2. The monoisotopic (exact) mass is 268 g/mol. The van der Waals surface area contributed by atoms with Crippen molar-refractivity contribution in [2.75, 3.05) is 0 Å². The van der Waals surface area contributed by atoms with Crippen molar-refractivity contribution >= 4 is 11.9 Å². The average molecular weight is 268 g/mol. The molecule has 3 heteroatoms. The Kier molecular flexibility index (Phi) is 5.07. The van der Waals surface area contributed by atoms with Gasteiger partial charge >= 0.3 is 11.9 Å². The Morgan fingerprint density at radius 3 is 2.10 bits per heavy atom. The van der Waals surface area contributed by atoms with Gasteiger partial charge in [0.1, 0.15) is 0 Å². The van der Waals surface area contributed by atoms with Gasteiger partial charge < -0.3 is 4.74 Å². The molecule has 0 saturated carbocycles. The Morgan fingerprint density at radius 1 is 0.850 bits per heavy atom. The number of ether oxygens (including phenoxy) is 1. The predicted molar refractivity (Wildman–Crippen MR) is 76.2 cm³/mol. The van der Waals surface area contributed by atoms with E-state index in [0.29, 0.717) is 12.0 Å². The van der Waals surface area contributed by atoms with E-state index in [1.54, 1.807) is 30.3 Å². The second-order valence-corrected chi connectivity index (χ2v) is 4.47. The zero-order valence-electron chi connectivity index (χ0n) is 11.1. The van der Waals surface area contributed by atoms with Gasteiger partial charge in [0, 0.05) is 6.42 Å². The molecule has 0 N–H and O–H groups in total. The highest BCUT2D eigenvalue weighted by Crippen LogP contribution is 2.07. The lowest BCUT2D eigenvalue weighted by Crippen LogP contribution is -2.12. The Bertz CT molecular complexity index is 561. The van der Waals surface area contributed by atoms with Crippen LogP contribution in [-0.2, 0) is 16.0 Å². The minimum Gasteiger partial charge on any atom is -0.389 e. The minimum atomic E-state index is -0.588. The lowest BCUT2D eigenvalue weighted by atomic mass is 10.1. The summed E-state index contributed by atoms with van der Waals surface area (Å²) in [6.07, 6.45) is 1.72. The van der Waals surface area contributed by atoms with Gasteiger partial charge in [-0.3, -0.25) is 4.79 Å². The third kappa shape index (κ3) is 4.35. The molecule has 0 amide bonds. The summed E-state index contributed by atoms with van der Waals surface area (Å²) in [6, 6.07) is 18.4. The van der Waals surface area contributed by atoms with Gasteiger partial charge in [0.15, 0.2) is 0 Å². The fourth-order valence-corrected chi connectivity index (χ4v) is 1.87. The lowest BCUT2D eigenvalue weighted by Gasteiger charge is -2.03. The van der Waals surface area contributed by atoms with Crippen LogP contribution in [0.4, 0.5) is 0 Å². The second-order valence-electron chi connectivity index (χ2n) is 4.47. The van der Waals surface area contributed by atoms with Gasteiger partial charge in [0.25, 0.3) is 0 Å². The molecular formula is C17H16O3. The minimum absolute atomic E-state index is 0.244. The second kappa shape index (κ2) is 7.24. The number of aryl methyl sites for hydroxylation is 1. The van der Waals surface area contributed by atoms with Crippen molar-refractivity contribution in [2.45, 2.75) is 19.3 Å². The SMILES string of the molecule is O=C(CCCc1ccccc1)OC(=O)c1ccccc1. The quantitative estimate of drug-likeness (QED) is 0.616. The average Bonchev–Trinajstić information content (AvgIpc) is 2.49. The molecule has 0 saturated heterocycles. The smallest absolute Gasteiger partial charge is 0.345 e. The highest BCUT2D eigenvalue weighted by Gasteiger charge is 2.11. The van der Waals surface area contributed by atoms with E-state index < -0.39 is 11.9 Å². The molecule has 0 aromatic heterocycles. The Hall–Kier alpha value is -2.42. The van der Waals surface area contributed by atoms with Gasteiger partial charge in [-0.1, -0.05) is 48.5 Å². The molecule has 2 rings (SSSR count). The first-order valence-electron chi connectivity index (χ1n) is 6.59. The van der Waals surface area contributed by atoms with Gasteiger partial charge in [0.2, 0.25) is 0 Å². The summed E-state index contributed by atoms with van der Waals surface area (Å²) >= 11 is 0. The van der Waals surface area contributed by atoms with Crippen molar-refractivity contribution in [3.05, 3.63) is 71.8 Å². The zero-order valence-corrected chi connectivity index (χ0v) is 11.1. The van der Waals surface area contributed by atoms with Crippen LogP contribution in [0.2, 0.25) is 0 Å². The molecule has 0 aliphatic rings. The number of benzene rings is 2. The van der Waals surface area contributed by atoms with Crippen molar-refractivity contribution in [1.29, 1.82) is 0 Å². The lowest BCUT2D eigenvalue weighted by molar-refractivity contribution is -0.138. The molecule has 2 aromatic carbocycles. The number of hydrogen-bond acceptors (Lipinski definition) is 3. The van der Waals surface area contributed by atoms with Gasteiger partial charge in [-0.25, -0.2) is 4.79 Å². The first-order valence-corrected chi connectivity index (χ1v) is 6.59. The van der Waals surface area contributed by atoms with Crippen LogP contribution in [0, 0.1) is 0 Å². The topological polar surface area (TPSA) is 43.4 Å². The standard InChI is InChI=1S/C17H16O3/c18-16(13-7-10-14-8-3-1-4-9-14)20-17(19)15-11-5-2-6-12-15/h1-6,8-9,11-12H,7,10,13H2. The molecule has 0 aliphatic heterocycles. The molecule has 0 atom stereocenters. The van der Waals surface area contributed by atoms with E-state index >= 15 is 0 Å². The van der Waals surface area contributed by atoms with Crippen LogP contribution < -0.4 is 0 Å². The first kappa shape index (κ1) is 14.0. The van der Waals surface area contributed by atoms with E-state index in [-0.39, 0.29) is 6.42 Å². The molecule has 3 nitrogen and oxygen atoms in total. The number of carbonyl (C=O) groups excluding carboxylic acids is 2. The van der Waals surface area contributed by atoms with Gasteiger partial charge in [-0.05, 0) is 30.5 Å². The van der Waals surface area contributed by atoms with Crippen LogP contribution in [0.3, 0.4) is 0 Å². The van der Waals surface area contributed by atoms with E-state index in [4.69, 9.17) is 4.74 Å². The van der Waals surface area contributed by atoms with E-state index in [1.165, 1.54) is 5.56 Å². The van der Waals surface area contributed by atoms with Crippen molar-refractivity contribution in [3.63, 3.8) is 0 Å². The maximum Gasteiger partial charge on any atom is 0.345 e. The van der Waals surface area contributed by atoms with E-state index in [0.717, 1.165) is 6.42 Å². The molecule has 0 radical (unpaired) electrons. The van der Waals surface area contributed by atoms with Crippen LogP contribution in [-0.4, -0.2) is 11.9 Å². The normalized spacial score (nSPS) is 10.0. The number of hydrogen-bond donors (Lipinski definition) is 0. The molecule has 102 valence electrons. The highest BCUT2D eigenvalue weighted by atomic mass is 16.6. The Morgan fingerprint density at radius 2 is 1.45 bits per heavy atom. The van der Waals surface area contributed by atoms with Crippen LogP contribution in [0.1, 0.15) is 28.8 Å². The Labute approximate surface area is 118 Å². The van der Waals surface area contributed by atoms with E-state index in [1.807, 2.05) is 30.3 Å². The molecule has 2 aromatic rings. The molecule has 20 heavy (non-hydrogen) atoms. The molecule has 0 spiro atoms. The van der Waals surface area contributed by atoms with Gasteiger partial charge in [-0.15, -0.1) is 0 Å². The van der Waals surface area contributed by atoms with Gasteiger partial charge in [-0.2, -0.15) is 0 Å². The molecule has 0 fully saturated rings. The summed E-state index contributed by atoms with van der Waals surface area (Å²) in [7, 11) is 0. The van der Waals surface area contributed by atoms with Crippen LogP contribution in [0.5, 0.6) is 0 Å². The summed E-state index contributed by atoms with van der Waals surface area (Å²) < 4.78 is 4.80. The fraction of sp³-hybridized carbons (Fsp3) is 0.176. The third-order valence-electron chi connectivity index (χ3n) is 2.91. The van der Waals surface area contributed by atoms with E-state index in [9.17, 15) is 9.59 Å². The van der Waals surface area contributed by atoms with Crippen molar-refractivity contribution < 1.29 is 14.3 Å². The number of rotatable bonds is 5. The summed E-state index contributed by atoms with van der Waals surface area (Å²) in [5.41, 5.74) is 1.57. The fourth-order valence-electron chi connectivity index (χ4n) is 1.87. The van der Waals surface area contributed by atoms with Crippen molar-refractivity contribution in [2.24, 2.45) is 0 Å². The molecule has 0 heterocycles. The number of esters is 2. The molecular weight excluding hydrogens is 252 g/mol. The van der Waals surface area contributed by atoms with Crippen LogP contribution >= 0.6 is 0 Å². The van der Waals surface area contributed by atoms with E-state index in [2.05, 4.69) is 0 Å². The predicted octanol–water partition coefficient (Wildman–Crippen LogP) is 3.39. The maximum absolute atomic E-state index is 11.6.